The average Bonchev–Trinajstić information content (AvgIpc) is 2.38. The molecule has 0 bridgehead atoms. The largest absolute Gasteiger partial charge is 0.490 e. The van der Waals surface area contributed by atoms with E-state index in [0.717, 1.165) is 6.34 Å². The van der Waals surface area contributed by atoms with E-state index in [0.29, 0.717) is 0 Å². The first-order valence-electron chi connectivity index (χ1n) is 2.61. The fourth-order valence-electron chi connectivity index (χ4n) is 0.176. The van der Waals surface area contributed by atoms with E-state index in [-0.39, 0.29) is 0 Å². The van der Waals surface area contributed by atoms with Crippen LogP contribution in [0, 0.1) is 0 Å². The lowest BCUT2D eigenvalue weighted by atomic mass is 10.7. The molecule has 1 N–H and O–H groups in total. The molecule has 13 heavy (non-hydrogen) atoms. The fraction of sp³-hybridized carbons (Fsp3) is 0.250. The van der Waals surface area contributed by atoms with Gasteiger partial charge in [-0.2, -0.15) is 18.2 Å². The van der Waals surface area contributed by atoms with Crippen LogP contribution in [-0.4, -0.2) is 29.6 Å². The molecule has 1 heterocycles. The zero-order chi connectivity index (χ0) is 10.5. The zero-order valence-corrected chi connectivity index (χ0v) is 5.82. The summed E-state index contributed by atoms with van der Waals surface area (Å²) >= 11 is 0. The van der Waals surface area contributed by atoms with Gasteiger partial charge in [0.05, 0.1) is 0 Å². The third kappa shape index (κ3) is 5.47. The maximum atomic E-state index is 10.6. The lowest BCUT2D eigenvalue weighted by Crippen LogP contribution is -2.21. The van der Waals surface area contributed by atoms with E-state index < -0.39 is 18.2 Å². The highest BCUT2D eigenvalue weighted by Crippen LogP contribution is 2.13. The molecular formula is C4H2F3N3O3. The van der Waals surface area contributed by atoms with Gasteiger partial charge in [-0.3, -0.25) is 0 Å². The zero-order valence-electron chi connectivity index (χ0n) is 5.82. The van der Waals surface area contributed by atoms with Crippen LogP contribution >= 0.6 is 0 Å². The molecule has 1 aliphatic rings. The molecule has 0 aromatic heterocycles. The molecule has 0 unspecified atom stereocenters. The third-order valence-corrected chi connectivity index (χ3v) is 0.606. The second kappa shape index (κ2) is 4.28. The Hall–Kier alpha value is -1.80. The monoisotopic (exact) mass is 197 g/mol. The minimum absolute atomic E-state index is 0.519. The van der Waals surface area contributed by atoms with Gasteiger partial charge in [0.25, 0.3) is 0 Å². The number of halogens is 3. The minimum Gasteiger partial charge on any atom is -0.475 e. The van der Waals surface area contributed by atoms with E-state index in [4.69, 9.17) is 9.90 Å². The molecule has 1 rings (SSSR count). The van der Waals surface area contributed by atoms with Crippen LogP contribution in [-0.2, 0) is 4.79 Å². The second-order valence-corrected chi connectivity index (χ2v) is 1.55. The van der Waals surface area contributed by atoms with Crippen molar-refractivity contribution >= 4 is 18.3 Å². The van der Waals surface area contributed by atoms with E-state index in [1.54, 1.807) is 0 Å². The van der Waals surface area contributed by atoms with Gasteiger partial charge in [0.15, 0.2) is 0 Å². The van der Waals surface area contributed by atoms with Gasteiger partial charge >= 0.3 is 18.2 Å². The van der Waals surface area contributed by atoms with Crippen molar-refractivity contribution in [2.45, 2.75) is 6.18 Å². The quantitative estimate of drug-likeness (QED) is 0.632. The van der Waals surface area contributed by atoms with Crippen molar-refractivity contribution in [3.63, 3.8) is 0 Å². The number of aliphatic carboxylic acids is 1. The Morgan fingerprint density at radius 2 is 1.92 bits per heavy atom. The summed E-state index contributed by atoms with van der Waals surface area (Å²) in [6.07, 6.45) is -3.97. The molecule has 0 saturated carbocycles. The Balaban J connectivity index is 0.000000223. The summed E-state index contributed by atoms with van der Waals surface area (Å²) in [5, 5.41) is 13.3. The van der Waals surface area contributed by atoms with Gasteiger partial charge in [-0.15, -0.1) is 5.11 Å². The number of nitrogens with zero attached hydrogens (tertiary/aromatic N) is 3. The molecule has 0 aliphatic carbocycles. The van der Waals surface area contributed by atoms with Crippen LogP contribution in [0.1, 0.15) is 0 Å². The maximum absolute atomic E-state index is 10.6. The van der Waals surface area contributed by atoms with Crippen molar-refractivity contribution in [2.24, 2.45) is 15.2 Å². The van der Waals surface area contributed by atoms with Crippen molar-refractivity contribution in [3.05, 3.63) is 0 Å². The minimum atomic E-state index is -5.08. The normalized spacial score (nSPS) is 13.9. The number of carbonyl (C=O) groups is 2. The summed E-state index contributed by atoms with van der Waals surface area (Å²) < 4.78 is 31.7. The van der Waals surface area contributed by atoms with Crippen LogP contribution in [0.4, 0.5) is 18.0 Å². The van der Waals surface area contributed by atoms with Crippen LogP contribution < -0.4 is 0 Å². The predicted molar refractivity (Wildman–Crippen MR) is 32.4 cm³/mol. The highest BCUT2D eigenvalue weighted by Gasteiger charge is 2.38. The molecule has 0 fully saturated rings. The van der Waals surface area contributed by atoms with Crippen molar-refractivity contribution in [2.75, 3.05) is 0 Å². The van der Waals surface area contributed by atoms with Crippen molar-refractivity contribution in [3.8, 4) is 0 Å². The first-order chi connectivity index (χ1) is 5.84. The molecule has 1 aliphatic heterocycles. The van der Waals surface area contributed by atoms with Gasteiger partial charge in [-0.05, 0) is 0 Å². The molecule has 0 atom stereocenters. The summed E-state index contributed by atoms with van der Waals surface area (Å²) in [6.45, 7) is 0. The first kappa shape index (κ1) is 11.2. The molecule has 0 saturated heterocycles. The maximum Gasteiger partial charge on any atom is 0.490 e. The fourth-order valence-corrected chi connectivity index (χ4v) is 0.176. The lowest BCUT2D eigenvalue weighted by molar-refractivity contribution is -0.192. The topological polar surface area (TPSA) is 91.4 Å². The van der Waals surface area contributed by atoms with Gasteiger partial charge in [-0.25, -0.2) is 9.59 Å². The summed E-state index contributed by atoms with van der Waals surface area (Å²) in [5.74, 6) is -2.76. The van der Waals surface area contributed by atoms with Crippen molar-refractivity contribution < 1.29 is 27.9 Å². The van der Waals surface area contributed by atoms with Crippen LogP contribution in [0.25, 0.3) is 0 Å². The second-order valence-electron chi connectivity index (χ2n) is 1.55. The van der Waals surface area contributed by atoms with Crippen molar-refractivity contribution in [1.29, 1.82) is 0 Å². The summed E-state index contributed by atoms with van der Waals surface area (Å²) in [4.78, 5) is 21.8. The van der Waals surface area contributed by atoms with Crippen molar-refractivity contribution in [1.82, 2.24) is 0 Å². The lowest BCUT2D eigenvalue weighted by Gasteiger charge is -1.93. The predicted octanol–water partition coefficient (Wildman–Crippen LogP) is 1.23. The highest BCUT2D eigenvalue weighted by atomic mass is 19.4. The highest BCUT2D eigenvalue weighted by molar-refractivity contribution is 5.87. The first-order valence-corrected chi connectivity index (χ1v) is 2.61. The summed E-state index contributed by atoms with van der Waals surface area (Å²) in [7, 11) is 0. The molecular weight excluding hydrogens is 195 g/mol. The third-order valence-electron chi connectivity index (χ3n) is 0.606. The number of carbonyl (C=O) groups excluding carboxylic acids is 1. The smallest absolute Gasteiger partial charge is 0.475 e. The number of urea groups is 1. The number of aliphatic imine (C=N–C) groups is 1. The molecule has 0 spiro atoms. The Labute approximate surface area is 68.8 Å². The Kier molecular flexibility index (Phi) is 3.69. The molecule has 0 radical (unpaired) electrons. The van der Waals surface area contributed by atoms with Gasteiger partial charge in [-0.1, -0.05) is 5.11 Å². The molecule has 6 nitrogen and oxygen atoms in total. The SMILES string of the molecule is O=C(O)C(F)(F)F.O=C1N=CN=N1. The molecule has 0 aromatic carbocycles. The van der Waals surface area contributed by atoms with Crippen LogP contribution in [0.15, 0.2) is 15.2 Å². The van der Waals surface area contributed by atoms with E-state index in [1.807, 2.05) is 0 Å². The van der Waals surface area contributed by atoms with Crippen LogP contribution in [0.5, 0.6) is 0 Å². The average molecular weight is 197 g/mol. The van der Waals surface area contributed by atoms with E-state index in [2.05, 4.69) is 15.2 Å². The summed E-state index contributed by atoms with van der Waals surface area (Å²) in [5.41, 5.74) is 0. The van der Waals surface area contributed by atoms with Gasteiger partial charge in [0, 0.05) is 0 Å². The number of carboxylic acid groups (broad SMARTS) is 1. The van der Waals surface area contributed by atoms with Crippen LogP contribution in [0.3, 0.4) is 0 Å². The number of hydrogen-bond acceptors (Lipinski definition) is 3. The number of amides is 2. The number of hydrogen-bond donors (Lipinski definition) is 1. The Morgan fingerprint density at radius 3 is 2.00 bits per heavy atom. The molecule has 72 valence electrons. The van der Waals surface area contributed by atoms with Crippen LogP contribution in [0.2, 0.25) is 0 Å². The van der Waals surface area contributed by atoms with Gasteiger partial charge in [0.1, 0.15) is 6.34 Å². The molecule has 2 amide bonds. The van der Waals surface area contributed by atoms with E-state index in [1.165, 1.54) is 0 Å². The number of carboxylic acids is 1. The van der Waals surface area contributed by atoms with E-state index >= 15 is 0 Å². The Bertz CT molecular complexity index is 256. The number of alkyl halides is 3. The number of rotatable bonds is 0. The standard InChI is InChI=1S/C2HF3O2.C2HN3O/c3-2(4,5)1(6)7;6-2-3-1-4-5-2/h(H,6,7);1H. The summed E-state index contributed by atoms with van der Waals surface area (Å²) in [6, 6.07) is -0.519. The van der Waals surface area contributed by atoms with E-state index in [9.17, 15) is 18.0 Å². The van der Waals surface area contributed by atoms with Gasteiger partial charge < -0.3 is 5.11 Å². The number of azo groups is 1. The Morgan fingerprint density at radius 1 is 1.46 bits per heavy atom. The van der Waals surface area contributed by atoms with Gasteiger partial charge in [0.2, 0.25) is 0 Å². The molecule has 0 aromatic rings. The molecule has 9 heteroatoms.